The van der Waals surface area contributed by atoms with E-state index in [9.17, 15) is 0 Å². The van der Waals surface area contributed by atoms with Crippen molar-refractivity contribution in [2.45, 2.75) is 71.9 Å². The average Bonchev–Trinajstić information content (AvgIpc) is 2.82. The Morgan fingerprint density at radius 2 is 2.00 bits per heavy atom. The van der Waals surface area contributed by atoms with Crippen LogP contribution in [0.15, 0.2) is 0 Å². The molecule has 0 aliphatic heterocycles. The first-order valence-corrected chi connectivity index (χ1v) is 7.76. The normalized spacial score (nSPS) is 28.0. The van der Waals surface area contributed by atoms with Gasteiger partial charge in [0.15, 0.2) is 5.82 Å². The van der Waals surface area contributed by atoms with E-state index in [4.69, 9.17) is 10.8 Å². The summed E-state index contributed by atoms with van der Waals surface area (Å²) in [7, 11) is 0. The first-order chi connectivity index (χ1) is 9.06. The van der Waals surface area contributed by atoms with Crippen molar-refractivity contribution in [3.05, 3.63) is 11.6 Å². The molecule has 0 radical (unpaired) electrons. The molecule has 1 aliphatic rings. The second kappa shape index (κ2) is 6.04. The molecule has 0 amide bonds. The minimum Gasteiger partial charge on any atom is -0.326 e. The van der Waals surface area contributed by atoms with Crippen molar-refractivity contribution in [3.8, 4) is 0 Å². The zero-order valence-electron chi connectivity index (χ0n) is 12.8. The van der Waals surface area contributed by atoms with Crippen molar-refractivity contribution >= 4 is 0 Å². The van der Waals surface area contributed by atoms with E-state index in [-0.39, 0.29) is 6.04 Å². The standard InChI is InChI=1S/C15H28N4/c1-5-14-17-15(6-2)19(18-14)13-9-11(10(3)4)7-8-12(13)16/h10-13H,5-9,16H2,1-4H3. The van der Waals surface area contributed by atoms with Gasteiger partial charge in [-0.3, -0.25) is 0 Å². The van der Waals surface area contributed by atoms with Crippen LogP contribution in [0.25, 0.3) is 0 Å². The van der Waals surface area contributed by atoms with Crippen molar-refractivity contribution in [1.29, 1.82) is 0 Å². The highest BCUT2D eigenvalue weighted by Gasteiger charge is 2.32. The second-order valence-electron chi connectivity index (χ2n) is 6.14. The molecule has 2 N–H and O–H groups in total. The van der Waals surface area contributed by atoms with Gasteiger partial charge in [-0.25, -0.2) is 9.67 Å². The summed E-state index contributed by atoms with van der Waals surface area (Å²) in [6.07, 6.45) is 5.35. The third kappa shape index (κ3) is 2.99. The highest BCUT2D eigenvalue weighted by Crippen LogP contribution is 2.36. The van der Waals surface area contributed by atoms with Crippen LogP contribution in [0.3, 0.4) is 0 Å². The minimum atomic E-state index is 0.228. The highest BCUT2D eigenvalue weighted by atomic mass is 15.4. The van der Waals surface area contributed by atoms with Crippen molar-refractivity contribution in [1.82, 2.24) is 14.8 Å². The molecule has 4 nitrogen and oxygen atoms in total. The molecule has 1 aliphatic carbocycles. The van der Waals surface area contributed by atoms with E-state index < -0.39 is 0 Å². The fourth-order valence-corrected chi connectivity index (χ4v) is 3.15. The molecule has 0 aromatic carbocycles. The van der Waals surface area contributed by atoms with Gasteiger partial charge >= 0.3 is 0 Å². The first-order valence-electron chi connectivity index (χ1n) is 7.76. The zero-order valence-corrected chi connectivity index (χ0v) is 12.8. The summed E-state index contributed by atoms with van der Waals surface area (Å²) in [5.41, 5.74) is 6.36. The van der Waals surface area contributed by atoms with Gasteiger partial charge in [0, 0.05) is 18.9 Å². The lowest BCUT2D eigenvalue weighted by atomic mass is 9.77. The van der Waals surface area contributed by atoms with Crippen molar-refractivity contribution in [3.63, 3.8) is 0 Å². The Morgan fingerprint density at radius 3 is 2.58 bits per heavy atom. The monoisotopic (exact) mass is 264 g/mol. The topological polar surface area (TPSA) is 56.7 Å². The first kappa shape index (κ1) is 14.5. The number of nitrogens with two attached hydrogens (primary N) is 1. The van der Waals surface area contributed by atoms with E-state index in [2.05, 4.69) is 37.4 Å². The van der Waals surface area contributed by atoms with Crippen LogP contribution in [0.4, 0.5) is 0 Å². The van der Waals surface area contributed by atoms with Gasteiger partial charge in [-0.15, -0.1) is 0 Å². The van der Waals surface area contributed by atoms with Gasteiger partial charge in [-0.1, -0.05) is 27.7 Å². The summed E-state index contributed by atoms with van der Waals surface area (Å²) in [4.78, 5) is 4.62. The lowest BCUT2D eigenvalue weighted by Gasteiger charge is -2.36. The van der Waals surface area contributed by atoms with Crippen molar-refractivity contribution in [2.24, 2.45) is 17.6 Å². The number of aryl methyl sites for hydroxylation is 2. The smallest absolute Gasteiger partial charge is 0.150 e. The molecule has 4 heteroatoms. The molecule has 19 heavy (non-hydrogen) atoms. The van der Waals surface area contributed by atoms with Crippen LogP contribution in [0.1, 0.15) is 64.6 Å². The van der Waals surface area contributed by atoms with E-state index >= 15 is 0 Å². The lowest BCUT2D eigenvalue weighted by Crippen LogP contribution is -2.40. The summed E-state index contributed by atoms with van der Waals surface area (Å²) in [5, 5.41) is 4.69. The number of hydrogen-bond acceptors (Lipinski definition) is 3. The summed E-state index contributed by atoms with van der Waals surface area (Å²) >= 11 is 0. The van der Waals surface area contributed by atoms with Crippen molar-refractivity contribution < 1.29 is 0 Å². The van der Waals surface area contributed by atoms with Crippen molar-refractivity contribution in [2.75, 3.05) is 0 Å². The molecule has 0 spiro atoms. The predicted octanol–water partition coefficient (Wildman–Crippen LogP) is 2.73. The second-order valence-corrected chi connectivity index (χ2v) is 6.14. The van der Waals surface area contributed by atoms with Crippen LogP contribution in [0.5, 0.6) is 0 Å². The number of rotatable bonds is 4. The maximum absolute atomic E-state index is 6.36. The van der Waals surface area contributed by atoms with Crippen LogP contribution < -0.4 is 5.73 Å². The summed E-state index contributed by atoms with van der Waals surface area (Å²) in [6, 6.07) is 0.565. The van der Waals surface area contributed by atoms with Crippen LogP contribution >= 0.6 is 0 Å². The van der Waals surface area contributed by atoms with Crippen LogP contribution in [-0.4, -0.2) is 20.8 Å². The van der Waals surface area contributed by atoms with Crippen LogP contribution in [0.2, 0.25) is 0 Å². The Morgan fingerprint density at radius 1 is 1.26 bits per heavy atom. The molecule has 1 aromatic rings. The fourth-order valence-electron chi connectivity index (χ4n) is 3.15. The van der Waals surface area contributed by atoms with Gasteiger partial charge in [0.2, 0.25) is 0 Å². The molecule has 108 valence electrons. The van der Waals surface area contributed by atoms with Gasteiger partial charge in [-0.2, -0.15) is 5.10 Å². The predicted molar refractivity (Wildman–Crippen MR) is 78.0 cm³/mol. The SMILES string of the molecule is CCc1nc(CC)n(C2CC(C(C)C)CCC2N)n1. The van der Waals surface area contributed by atoms with Crippen LogP contribution in [0, 0.1) is 11.8 Å². The molecule has 0 bridgehead atoms. The molecule has 1 fully saturated rings. The molecule has 0 saturated heterocycles. The number of hydrogen-bond donors (Lipinski definition) is 1. The van der Waals surface area contributed by atoms with E-state index in [1.807, 2.05) is 0 Å². The Hall–Kier alpha value is -0.900. The number of aromatic nitrogens is 3. The van der Waals surface area contributed by atoms with E-state index in [0.29, 0.717) is 6.04 Å². The zero-order chi connectivity index (χ0) is 14.0. The Bertz CT molecular complexity index is 410. The Balaban J connectivity index is 2.25. The van der Waals surface area contributed by atoms with Gasteiger partial charge in [0.1, 0.15) is 5.82 Å². The van der Waals surface area contributed by atoms with Gasteiger partial charge < -0.3 is 5.73 Å². The molecule has 2 rings (SSSR count). The minimum absolute atomic E-state index is 0.228. The summed E-state index contributed by atoms with van der Waals surface area (Å²) < 4.78 is 2.14. The summed E-state index contributed by atoms with van der Waals surface area (Å²) in [5.74, 6) is 3.55. The average molecular weight is 264 g/mol. The number of nitrogens with zero attached hydrogens (tertiary/aromatic N) is 3. The largest absolute Gasteiger partial charge is 0.326 e. The molecule has 3 atom stereocenters. The maximum atomic E-state index is 6.36. The molecular formula is C15H28N4. The molecule has 1 aromatic heterocycles. The molecular weight excluding hydrogens is 236 g/mol. The third-order valence-corrected chi connectivity index (χ3v) is 4.54. The van der Waals surface area contributed by atoms with E-state index in [1.165, 1.54) is 6.42 Å². The lowest BCUT2D eigenvalue weighted by molar-refractivity contribution is 0.180. The molecule has 3 unspecified atom stereocenters. The van der Waals surface area contributed by atoms with Gasteiger partial charge in [-0.05, 0) is 31.1 Å². The highest BCUT2D eigenvalue weighted by molar-refractivity contribution is 4.98. The quantitative estimate of drug-likeness (QED) is 0.909. The summed E-state index contributed by atoms with van der Waals surface area (Å²) in [6.45, 7) is 8.89. The van der Waals surface area contributed by atoms with Gasteiger partial charge in [0.05, 0.1) is 6.04 Å². The molecule has 1 saturated carbocycles. The Kier molecular flexibility index (Phi) is 4.61. The third-order valence-electron chi connectivity index (χ3n) is 4.54. The van der Waals surface area contributed by atoms with Crippen LogP contribution in [-0.2, 0) is 12.8 Å². The fraction of sp³-hybridized carbons (Fsp3) is 0.867. The molecule has 1 heterocycles. The Labute approximate surface area is 116 Å². The van der Waals surface area contributed by atoms with E-state index in [0.717, 1.165) is 49.2 Å². The van der Waals surface area contributed by atoms with E-state index in [1.54, 1.807) is 0 Å². The maximum Gasteiger partial charge on any atom is 0.150 e. The van der Waals surface area contributed by atoms with Gasteiger partial charge in [0.25, 0.3) is 0 Å².